The summed E-state index contributed by atoms with van der Waals surface area (Å²) in [5.74, 6) is 1.63. The summed E-state index contributed by atoms with van der Waals surface area (Å²) in [5, 5.41) is 0. The number of hydrogen-bond acceptors (Lipinski definition) is 7. The number of anilines is 2. The molecule has 4 heterocycles. The molecular formula is C19H25N7O2. The van der Waals surface area contributed by atoms with E-state index in [1.54, 1.807) is 11.8 Å². The zero-order valence-electron chi connectivity index (χ0n) is 16.1. The van der Waals surface area contributed by atoms with Crippen LogP contribution in [0.4, 0.5) is 11.8 Å². The monoisotopic (exact) mass is 383 g/mol. The number of nitrogens with zero attached hydrogens (tertiary/aromatic N) is 7. The van der Waals surface area contributed by atoms with E-state index in [9.17, 15) is 9.59 Å². The zero-order chi connectivity index (χ0) is 19.5. The van der Waals surface area contributed by atoms with E-state index in [2.05, 4.69) is 19.8 Å². The van der Waals surface area contributed by atoms with Crippen molar-refractivity contribution in [2.75, 3.05) is 49.1 Å². The maximum absolute atomic E-state index is 12.6. The van der Waals surface area contributed by atoms with Crippen LogP contribution in [0.25, 0.3) is 0 Å². The van der Waals surface area contributed by atoms with Gasteiger partial charge in [-0.3, -0.25) is 14.2 Å². The Balaban J connectivity index is 1.36. The Hall–Kier alpha value is -2.97. The maximum atomic E-state index is 12.6. The summed E-state index contributed by atoms with van der Waals surface area (Å²) in [6, 6.07) is 3.37. The molecule has 2 fully saturated rings. The lowest BCUT2D eigenvalue weighted by Crippen LogP contribution is -2.50. The second-order valence-electron chi connectivity index (χ2n) is 7.27. The summed E-state index contributed by atoms with van der Waals surface area (Å²) in [6.07, 6.45) is 5.62. The summed E-state index contributed by atoms with van der Waals surface area (Å²) in [4.78, 5) is 43.9. The van der Waals surface area contributed by atoms with E-state index in [0.717, 1.165) is 24.9 Å². The van der Waals surface area contributed by atoms with Gasteiger partial charge in [0.05, 0.1) is 6.33 Å². The molecular weight excluding hydrogens is 358 g/mol. The second kappa shape index (κ2) is 7.95. The standard InChI is InChI=1S/C19H25N7O2/c1-15-12-17(27)26(14-21-15)13-18(28)24-10-8-23(9-11-24)16-4-5-20-19(22-16)25-6-2-3-7-25/h4-5,12,14H,2-3,6-11,13H2,1H3. The molecule has 0 radical (unpaired) electrons. The van der Waals surface area contributed by atoms with E-state index in [1.165, 1.54) is 29.8 Å². The van der Waals surface area contributed by atoms with Crippen molar-refractivity contribution in [3.8, 4) is 0 Å². The molecule has 0 atom stereocenters. The third-order valence-electron chi connectivity index (χ3n) is 5.30. The summed E-state index contributed by atoms with van der Waals surface area (Å²) in [6.45, 7) is 6.45. The van der Waals surface area contributed by atoms with Crippen LogP contribution in [0.15, 0.2) is 29.5 Å². The van der Waals surface area contributed by atoms with Crippen LogP contribution >= 0.6 is 0 Å². The fourth-order valence-electron chi connectivity index (χ4n) is 3.65. The molecule has 2 aromatic rings. The van der Waals surface area contributed by atoms with E-state index in [-0.39, 0.29) is 18.0 Å². The SMILES string of the molecule is Cc1cc(=O)n(CC(=O)N2CCN(c3ccnc(N4CCCC4)n3)CC2)cn1. The Bertz CT molecular complexity index is 899. The number of carbonyl (C=O) groups is 1. The fourth-order valence-corrected chi connectivity index (χ4v) is 3.65. The third kappa shape index (κ3) is 3.97. The third-order valence-corrected chi connectivity index (χ3v) is 5.30. The lowest BCUT2D eigenvalue weighted by Gasteiger charge is -2.35. The first kappa shape index (κ1) is 18.4. The second-order valence-corrected chi connectivity index (χ2v) is 7.27. The minimum atomic E-state index is -0.199. The average molecular weight is 383 g/mol. The minimum absolute atomic E-state index is 0.0265. The van der Waals surface area contributed by atoms with E-state index in [1.807, 2.05) is 12.3 Å². The molecule has 2 saturated heterocycles. The number of aromatic nitrogens is 4. The van der Waals surface area contributed by atoms with Crippen molar-refractivity contribution in [3.05, 3.63) is 40.7 Å². The Morgan fingerprint density at radius 2 is 1.79 bits per heavy atom. The van der Waals surface area contributed by atoms with Gasteiger partial charge in [0.25, 0.3) is 5.56 Å². The highest BCUT2D eigenvalue weighted by Crippen LogP contribution is 2.20. The average Bonchev–Trinajstić information content (AvgIpc) is 3.25. The van der Waals surface area contributed by atoms with Crippen LogP contribution in [0.2, 0.25) is 0 Å². The van der Waals surface area contributed by atoms with Gasteiger partial charge in [-0.15, -0.1) is 0 Å². The highest BCUT2D eigenvalue weighted by molar-refractivity contribution is 5.76. The Morgan fingerprint density at radius 3 is 2.50 bits per heavy atom. The molecule has 0 spiro atoms. The quantitative estimate of drug-likeness (QED) is 0.750. The molecule has 2 aliphatic heterocycles. The van der Waals surface area contributed by atoms with E-state index in [4.69, 9.17) is 4.98 Å². The highest BCUT2D eigenvalue weighted by Gasteiger charge is 2.23. The van der Waals surface area contributed by atoms with Gasteiger partial charge in [0.15, 0.2) is 0 Å². The van der Waals surface area contributed by atoms with Gasteiger partial charge in [-0.1, -0.05) is 0 Å². The number of aryl methyl sites for hydroxylation is 1. The molecule has 0 N–H and O–H groups in total. The maximum Gasteiger partial charge on any atom is 0.253 e. The summed E-state index contributed by atoms with van der Waals surface area (Å²) in [5.41, 5.74) is 0.454. The van der Waals surface area contributed by atoms with Crippen LogP contribution in [0.1, 0.15) is 18.5 Å². The first-order chi connectivity index (χ1) is 13.6. The van der Waals surface area contributed by atoms with E-state index in [0.29, 0.717) is 31.9 Å². The highest BCUT2D eigenvalue weighted by atomic mass is 16.2. The topological polar surface area (TPSA) is 87.5 Å². The number of hydrogen-bond donors (Lipinski definition) is 0. The molecule has 0 bridgehead atoms. The number of rotatable bonds is 4. The molecule has 9 heteroatoms. The predicted octanol–water partition coefficient (Wildman–Crippen LogP) is 0.291. The van der Waals surface area contributed by atoms with E-state index < -0.39 is 0 Å². The van der Waals surface area contributed by atoms with Crippen LogP contribution in [0.3, 0.4) is 0 Å². The van der Waals surface area contributed by atoms with Crippen LogP contribution in [-0.4, -0.2) is 69.6 Å². The van der Waals surface area contributed by atoms with Crippen molar-refractivity contribution < 1.29 is 4.79 Å². The molecule has 4 rings (SSSR count). The number of amides is 1. The van der Waals surface area contributed by atoms with Crippen LogP contribution in [0.5, 0.6) is 0 Å². The van der Waals surface area contributed by atoms with Crippen LogP contribution < -0.4 is 15.4 Å². The molecule has 1 amide bonds. The Kier molecular flexibility index (Phi) is 5.23. The molecule has 28 heavy (non-hydrogen) atoms. The van der Waals surface area contributed by atoms with Crippen molar-refractivity contribution >= 4 is 17.7 Å². The molecule has 0 aliphatic carbocycles. The first-order valence-corrected chi connectivity index (χ1v) is 9.74. The summed E-state index contributed by atoms with van der Waals surface area (Å²) >= 11 is 0. The van der Waals surface area contributed by atoms with Gasteiger partial charge in [-0.25, -0.2) is 9.97 Å². The summed E-state index contributed by atoms with van der Waals surface area (Å²) in [7, 11) is 0. The van der Waals surface area contributed by atoms with Crippen molar-refractivity contribution in [3.63, 3.8) is 0 Å². The number of piperazine rings is 1. The van der Waals surface area contributed by atoms with Gasteiger partial charge in [0.2, 0.25) is 11.9 Å². The van der Waals surface area contributed by atoms with Crippen LogP contribution in [-0.2, 0) is 11.3 Å². The van der Waals surface area contributed by atoms with Gasteiger partial charge in [0, 0.05) is 57.2 Å². The molecule has 9 nitrogen and oxygen atoms in total. The van der Waals surface area contributed by atoms with Crippen molar-refractivity contribution in [1.29, 1.82) is 0 Å². The lowest BCUT2D eigenvalue weighted by molar-refractivity contribution is -0.132. The largest absolute Gasteiger partial charge is 0.353 e. The lowest BCUT2D eigenvalue weighted by atomic mass is 10.3. The Morgan fingerprint density at radius 1 is 1.04 bits per heavy atom. The molecule has 2 aliphatic rings. The Labute approximate surface area is 163 Å². The zero-order valence-corrected chi connectivity index (χ0v) is 16.1. The molecule has 2 aromatic heterocycles. The van der Waals surface area contributed by atoms with Crippen LogP contribution in [0, 0.1) is 6.92 Å². The van der Waals surface area contributed by atoms with Gasteiger partial charge in [-0.2, -0.15) is 4.98 Å². The van der Waals surface area contributed by atoms with Crippen molar-refractivity contribution in [1.82, 2.24) is 24.4 Å². The van der Waals surface area contributed by atoms with Crippen molar-refractivity contribution in [2.24, 2.45) is 0 Å². The predicted molar refractivity (Wildman–Crippen MR) is 106 cm³/mol. The van der Waals surface area contributed by atoms with Gasteiger partial charge in [-0.05, 0) is 25.8 Å². The van der Waals surface area contributed by atoms with Gasteiger partial charge >= 0.3 is 0 Å². The van der Waals surface area contributed by atoms with Gasteiger partial charge < -0.3 is 14.7 Å². The molecule has 148 valence electrons. The molecule has 0 aromatic carbocycles. The van der Waals surface area contributed by atoms with E-state index >= 15 is 0 Å². The van der Waals surface area contributed by atoms with Crippen molar-refractivity contribution in [2.45, 2.75) is 26.3 Å². The first-order valence-electron chi connectivity index (χ1n) is 9.74. The molecule has 0 saturated carbocycles. The minimum Gasteiger partial charge on any atom is -0.353 e. The normalized spacial score (nSPS) is 17.2. The summed E-state index contributed by atoms with van der Waals surface area (Å²) < 4.78 is 1.36. The fraction of sp³-hybridized carbons (Fsp3) is 0.526. The molecule has 0 unspecified atom stereocenters. The number of carbonyl (C=O) groups excluding carboxylic acids is 1. The van der Waals surface area contributed by atoms with Gasteiger partial charge in [0.1, 0.15) is 12.4 Å². The smallest absolute Gasteiger partial charge is 0.253 e.